The van der Waals surface area contributed by atoms with E-state index in [-0.39, 0.29) is 17.8 Å². The van der Waals surface area contributed by atoms with Crippen molar-refractivity contribution in [2.75, 3.05) is 12.4 Å². The highest BCUT2D eigenvalue weighted by Gasteiger charge is 2.49. The van der Waals surface area contributed by atoms with Gasteiger partial charge in [0.15, 0.2) is 0 Å². The maximum atomic E-state index is 12.9. The Bertz CT molecular complexity index is 1230. The van der Waals surface area contributed by atoms with Crippen LogP contribution in [0.1, 0.15) is 43.8 Å². The maximum absolute atomic E-state index is 12.9. The summed E-state index contributed by atoms with van der Waals surface area (Å²) in [7, 11) is 1.37. The number of carbonyl (C=O) groups excluding carboxylic acids is 1. The summed E-state index contributed by atoms with van der Waals surface area (Å²) in [6.45, 7) is 3.89. The topological polar surface area (TPSA) is 97.2 Å². The predicted molar refractivity (Wildman–Crippen MR) is 125 cm³/mol. The predicted octanol–water partition coefficient (Wildman–Crippen LogP) is 5.55. The number of alkyl halides is 3. The molecule has 7 nitrogen and oxygen atoms in total. The molecule has 35 heavy (non-hydrogen) atoms. The number of hydrogen-bond acceptors (Lipinski definition) is 8. The van der Waals surface area contributed by atoms with Crippen LogP contribution in [0.4, 0.5) is 24.8 Å². The summed E-state index contributed by atoms with van der Waals surface area (Å²) >= 11 is 1.34. The Labute approximate surface area is 204 Å². The number of nitrogens with one attached hydrogen (secondary N) is 1. The first kappa shape index (κ1) is 25.1. The van der Waals surface area contributed by atoms with Crippen molar-refractivity contribution >= 4 is 28.9 Å². The van der Waals surface area contributed by atoms with E-state index in [9.17, 15) is 23.1 Å². The average molecular weight is 507 g/mol. The Morgan fingerprint density at radius 1 is 1.26 bits per heavy atom. The lowest BCUT2D eigenvalue weighted by atomic mass is 9.63. The molecule has 0 saturated heterocycles. The Balaban J connectivity index is 1.54. The molecule has 2 atom stereocenters. The molecule has 0 radical (unpaired) electrons. The number of aliphatic hydroxyl groups is 1. The van der Waals surface area contributed by atoms with Crippen LogP contribution in [0.3, 0.4) is 0 Å². The van der Waals surface area contributed by atoms with Crippen LogP contribution in [0.5, 0.6) is 0 Å². The van der Waals surface area contributed by atoms with Gasteiger partial charge in [-0.15, -0.1) is 11.3 Å². The number of methoxy groups -OCH3 is 1. The number of aromatic nitrogens is 3. The van der Waals surface area contributed by atoms with E-state index in [0.29, 0.717) is 30.0 Å². The molecule has 0 aliphatic heterocycles. The van der Waals surface area contributed by atoms with E-state index >= 15 is 0 Å². The third-order valence-electron chi connectivity index (χ3n) is 6.28. The van der Waals surface area contributed by atoms with Gasteiger partial charge in [0, 0.05) is 18.1 Å². The molecule has 11 heteroatoms. The molecule has 0 spiro atoms. The lowest BCUT2D eigenvalue weighted by Gasteiger charge is -2.44. The summed E-state index contributed by atoms with van der Waals surface area (Å²) in [5.41, 5.74) is -1.39. The van der Waals surface area contributed by atoms with Crippen LogP contribution in [0, 0.1) is 11.3 Å². The summed E-state index contributed by atoms with van der Waals surface area (Å²) < 4.78 is 43.8. The first-order chi connectivity index (χ1) is 16.4. The summed E-state index contributed by atoms with van der Waals surface area (Å²) in [5, 5.41) is 14.8. The Hall–Kier alpha value is -3.05. The van der Waals surface area contributed by atoms with Gasteiger partial charge in [-0.05, 0) is 48.4 Å². The fourth-order valence-electron chi connectivity index (χ4n) is 4.58. The first-order valence-corrected chi connectivity index (χ1v) is 11.8. The van der Waals surface area contributed by atoms with Gasteiger partial charge < -0.3 is 15.2 Å². The maximum Gasteiger partial charge on any atom is 0.433 e. The minimum atomic E-state index is -4.56. The fourth-order valence-corrected chi connectivity index (χ4v) is 5.61. The van der Waals surface area contributed by atoms with Gasteiger partial charge in [-0.3, -0.25) is 4.79 Å². The van der Waals surface area contributed by atoms with Crippen LogP contribution in [0.25, 0.3) is 10.4 Å². The lowest BCUT2D eigenvalue weighted by Crippen LogP contribution is -2.45. The highest BCUT2D eigenvalue weighted by atomic mass is 32.1. The number of benzene rings is 1. The van der Waals surface area contributed by atoms with Gasteiger partial charge in [0.1, 0.15) is 16.3 Å². The number of ether oxygens (including phenoxy) is 1. The van der Waals surface area contributed by atoms with Crippen LogP contribution < -0.4 is 5.32 Å². The lowest BCUT2D eigenvalue weighted by molar-refractivity contribution is -0.157. The molecule has 2 N–H and O–H groups in total. The molecule has 0 amide bonds. The number of halogens is 3. The second-order valence-corrected chi connectivity index (χ2v) is 10.3. The van der Waals surface area contributed by atoms with Gasteiger partial charge in [0.2, 0.25) is 5.95 Å². The Morgan fingerprint density at radius 2 is 2.03 bits per heavy atom. The molecule has 1 aromatic carbocycles. The molecule has 0 unspecified atom stereocenters. The number of nitrogens with zero attached hydrogens (tertiary/aromatic N) is 3. The molecule has 2 heterocycles. The van der Waals surface area contributed by atoms with E-state index in [1.807, 2.05) is 19.9 Å². The number of anilines is 2. The Morgan fingerprint density at radius 3 is 2.71 bits per heavy atom. The molecule has 1 fully saturated rings. The van der Waals surface area contributed by atoms with Gasteiger partial charge >= 0.3 is 12.1 Å². The van der Waals surface area contributed by atoms with Crippen LogP contribution >= 0.6 is 11.3 Å². The minimum absolute atomic E-state index is 0.166. The van der Waals surface area contributed by atoms with Crippen LogP contribution in [0.2, 0.25) is 0 Å². The summed E-state index contributed by atoms with van der Waals surface area (Å²) in [5.74, 6) is -0.736. The first-order valence-electron chi connectivity index (χ1n) is 11.0. The van der Waals surface area contributed by atoms with Crippen molar-refractivity contribution in [2.24, 2.45) is 11.3 Å². The third kappa shape index (κ3) is 5.30. The zero-order valence-corrected chi connectivity index (χ0v) is 20.2. The molecule has 4 rings (SSSR count). The van der Waals surface area contributed by atoms with E-state index < -0.39 is 22.9 Å². The molecule has 3 aromatic rings. The van der Waals surface area contributed by atoms with E-state index in [1.165, 1.54) is 18.4 Å². The van der Waals surface area contributed by atoms with Crippen molar-refractivity contribution in [3.05, 3.63) is 53.4 Å². The zero-order chi connectivity index (χ0) is 25.4. The van der Waals surface area contributed by atoms with Gasteiger partial charge in [-0.2, -0.15) is 13.2 Å². The fraction of sp³-hybridized carbons (Fsp3) is 0.417. The average Bonchev–Trinajstić information content (AvgIpc) is 3.29. The summed E-state index contributed by atoms with van der Waals surface area (Å²) in [6.07, 6.45) is -0.614. The molecular weight excluding hydrogens is 481 g/mol. The SMILES string of the molecule is COC(=O)[C@@H]1CC[C@@](O)(c2ncc(-c3cccc(Nc4nccc(C(F)(F)F)n4)c3)s2)CC1(C)C. The summed E-state index contributed by atoms with van der Waals surface area (Å²) in [6, 6.07) is 7.86. The second kappa shape index (κ2) is 9.19. The molecule has 186 valence electrons. The van der Waals surface area contributed by atoms with E-state index in [2.05, 4.69) is 20.3 Å². The van der Waals surface area contributed by atoms with Gasteiger partial charge in [-0.25, -0.2) is 15.0 Å². The monoisotopic (exact) mass is 506 g/mol. The van der Waals surface area contributed by atoms with Crippen molar-refractivity contribution in [3.8, 4) is 10.4 Å². The van der Waals surface area contributed by atoms with Gasteiger partial charge in [-0.1, -0.05) is 26.0 Å². The van der Waals surface area contributed by atoms with Gasteiger partial charge in [0.25, 0.3) is 0 Å². The minimum Gasteiger partial charge on any atom is -0.469 e. The number of esters is 1. The van der Waals surface area contributed by atoms with Crippen molar-refractivity contribution in [1.29, 1.82) is 0 Å². The molecule has 1 aliphatic carbocycles. The zero-order valence-electron chi connectivity index (χ0n) is 19.4. The highest BCUT2D eigenvalue weighted by Crippen LogP contribution is 2.51. The van der Waals surface area contributed by atoms with Crippen LogP contribution in [-0.4, -0.2) is 33.1 Å². The van der Waals surface area contributed by atoms with Crippen molar-refractivity contribution in [2.45, 2.75) is 44.9 Å². The van der Waals surface area contributed by atoms with Gasteiger partial charge in [0.05, 0.1) is 17.9 Å². The van der Waals surface area contributed by atoms with Crippen molar-refractivity contribution in [3.63, 3.8) is 0 Å². The molecule has 2 aromatic heterocycles. The number of hydrogen-bond donors (Lipinski definition) is 2. The second-order valence-electron chi connectivity index (χ2n) is 9.31. The normalized spacial score (nSPS) is 22.0. The van der Waals surface area contributed by atoms with Crippen LogP contribution in [0.15, 0.2) is 42.7 Å². The number of rotatable bonds is 5. The molecule has 1 aliphatic rings. The molecule has 1 saturated carbocycles. The Kier molecular flexibility index (Phi) is 6.58. The van der Waals surface area contributed by atoms with E-state index in [1.54, 1.807) is 24.4 Å². The quantitative estimate of drug-likeness (QED) is 0.438. The van der Waals surface area contributed by atoms with Crippen LogP contribution in [-0.2, 0) is 21.3 Å². The molecular formula is C24H25F3N4O3S. The van der Waals surface area contributed by atoms with Crippen molar-refractivity contribution < 1.29 is 27.8 Å². The standard InChI is InChI=1S/C24H25F3N4O3S/c1-22(2)13-23(33,9-7-16(22)19(32)34-3)20-29-12-17(35-20)14-5-4-6-15(11-14)30-21-28-10-8-18(31-21)24(25,26)27/h4-6,8,10-12,16,33H,7,9,13H2,1-3H3,(H,28,30,31)/t16-,23-/m0/s1. The van der Waals surface area contributed by atoms with E-state index in [0.717, 1.165) is 22.7 Å². The van der Waals surface area contributed by atoms with Crippen molar-refractivity contribution in [1.82, 2.24) is 15.0 Å². The highest BCUT2D eigenvalue weighted by molar-refractivity contribution is 7.15. The smallest absolute Gasteiger partial charge is 0.433 e. The van der Waals surface area contributed by atoms with E-state index in [4.69, 9.17) is 4.74 Å². The largest absolute Gasteiger partial charge is 0.469 e. The third-order valence-corrected chi connectivity index (χ3v) is 7.52. The number of carbonyl (C=O) groups is 1. The summed E-state index contributed by atoms with van der Waals surface area (Å²) in [4.78, 5) is 24.8. The number of thiazole rings is 1. The molecule has 0 bridgehead atoms.